The van der Waals surface area contributed by atoms with E-state index in [1.807, 2.05) is 12.1 Å². The summed E-state index contributed by atoms with van der Waals surface area (Å²) in [6.07, 6.45) is 0. The van der Waals surface area contributed by atoms with Gasteiger partial charge in [0.05, 0.1) is 0 Å². The zero-order chi connectivity index (χ0) is 16.4. The normalized spacial score (nSPS) is 10.7. The number of nitrogens with zero attached hydrogens (tertiary/aromatic N) is 1. The van der Waals surface area contributed by atoms with E-state index in [0.29, 0.717) is 5.11 Å². The first-order chi connectivity index (χ1) is 11.1. The molecule has 1 heterocycles. The smallest absolute Gasteiger partial charge is 0.235 e. The SMILES string of the molecule is CCn1c2ccccc2c2cc(NC(=S)NNC(C)=O)ccc21. The molecule has 0 atom stereocenters. The molecule has 0 aliphatic carbocycles. The number of hydrazine groups is 1. The highest BCUT2D eigenvalue weighted by atomic mass is 32.1. The van der Waals surface area contributed by atoms with E-state index in [0.717, 1.165) is 12.2 Å². The van der Waals surface area contributed by atoms with Crippen molar-refractivity contribution in [2.24, 2.45) is 0 Å². The Hall–Kier alpha value is -2.60. The molecule has 0 saturated carbocycles. The summed E-state index contributed by atoms with van der Waals surface area (Å²) in [6.45, 7) is 4.48. The number of rotatable bonds is 2. The van der Waals surface area contributed by atoms with Crippen LogP contribution < -0.4 is 16.2 Å². The number of fused-ring (bicyclic) bond motifs is 3. The zero-order valence-corrected chi connectivity index (χ0v) is 13.8. The minimum absolute atomic E-state index is 0.199. The lowest BCUT2D eigenvalue weighted by Gasteiger charge is -2.10. The van der Waals surface area contributed by atoms with Crippen molar-refractivity contribution in [1.82, 2.24) is 15.4 Å². The summed E-state index contributed by atoms with van der Waals surface area (Å²) < 4.78 is 2.29. The van der Waals surface area contributed by atoms with Crippen LogP contribution in [0.2, 0.25) is 0 Å². The minimum Gasteiger partial charge on any atom is -0.341 e. The van der Waals surface area contributed by atoms with Crippen molar-refractivity contribution in [3.63, 3.8) is 0 Å². The van der Waals surface area contributed by atoms with Gasteiger partial charge in [-0.2, -0.15) is 0 Å². The molecule has 5 nitrogen and oxygen atoms in total. The molecule has 3 aromatic rings. The molecular weight excluding hydrogens is 308 g/mol. The van der Waals surface area contributed by atoms with Gasteiger partial charge in [0.25, 0.3) is 0 Å². The van der Waals surface area contributed by atoms with E-state index in [9.17, 15) is 4.79 Å². The van der Waals surface area contributed by atoms with Crippen LogP contribution in [0, 0.1) is 0 Å². The Bertz CT molecular complexity index is 900. The molecule has 1 amide bonds. The van der Waals surface area contributed by atoms with Crippen LogP contribution >= 0.6 is 12.2 Å². The monoisotopic (exact) mass is 326 g/mol. The van der Waals surface area contributed by atoms with Gasteiger partial charge in [-0.1, -0.05) is 18.2 Å². The molecule has 0 bridgehead atoms. The Morgan fingerprint density at radius 2 is 1.83 bits per heavy atom. The second-order valence-electron chi connectivity index (χ2n) is 5.25. The predicted molar refractivity (Wildman–Crippen MR) is 98.3 cm³/mol. The second kappa shape index (κ2) is 6.26. The summed E-state index contributed by atoms with van der Waals surface area (Å²) in [5.74, 6) is -0.199. The third-order valence-corrected chi connectivity index (χ3v) is 3.90. The van der Waals surface area contributed by atoms with Crippen LogP contribution in [0.25, 0.3) is 21.8 Å². The number of hydrogen-bond donors (Lipinski definition) is 3. The summed E-state index contributed by atoms with van der Waals surface area (Å²) in [5, 5.41) is 5.82. The van der Waals surface area contributed by atoms with Gasteiger partial charge in [-0.3, -0.25) is 15.6 Å². The molecular formula is C17H18N4OS. The number of para-hydroxylation sites is 1. The van der Waals surface area contributed by atoms with E-state index in [4.69, 9.17) is 12.2 Å². The number of carbonyl (C=O) groups excluding carboxylic acids is 1. The van der Waals surface area contributed by atoms with Crippen LogP contribution in [0.15, 0.2) is 42.5 Å². The second-order valence-corrected chi connectivity index (χ2v) is 5.66. The highest BCUT2D eigenvalue weighted by Gasteiger charge is 2.10. The predicted octanol–water partition coefficient (Wildman–Crippen LogP) is 3.15. The maximum atomic E-state index is 10.9. The molecule has 3 rings (SSSR count). The molecule has 0 fully saturated rings. The fourth-order valence-corrected chi connectivity index (χ4v) is 2.95. The summed E-state index contributed by atoms with van der Waals surface area (Å²) in [4.78, 5) is 10.9. The third-order valence-electron chi connectivity index (χ3n) is 3.70. The molecule has 0 radical (unpaired) electrons. The van der Waals surface area contributed by atoms with Crippen LogP contribution in [0.3, 0.4) is 0 Å². The van der Waals surface area contributed by atoms with Crippen LogP contribution in [0.1, 0.15) is 13.8 Å². The van der Waals surface area contributed by atoms with Crippen LogP contribution in [-0.4, -0.2) is 15.6 Å². The number of aromatic nitrogens is 1. The van der Waals surface area contributed by atoms with Crippen molar-refractivity contribution in [1.29, 1.82) is 0 Å². The fraction of sp³-hybridized carbons (Fsp3) is 0.176. The van der Waals surface area contributed by atoms with Gasteiger partial charge in [0.15, 0.2) is 5.11 Å². The fourth-order valence-electron chi connectivity index (χ4n) is 2.78. The number of benzene rings is 2. The molecule has 0 spiro atoms. The highest BCUT2D eigenvalue weighted by molar-refractivity contribution is 7.80. The van der Waals surface area contributed by atoms with E-state index >= 15 is 0 Å². The molecule has 23 heavy (non-hydrogen) atoms. The molecule has 3 N–H and O–H groups in total. The van der Waals surface area contributed by atoms with Gasteiger partial charge < -0.3 is 9.88 Å². The first kappa shape index (κ1) is 15.3. The van der Waals surface area contributed by atoms with Gasteiger partial charge in [-0.25, -0.2) is 0 Å². The van der Waals surface area contributed by atoms with Gasteiger partial charge in [-0.15, -0.1) is 0 Å². The van der Waals surface area contributed by atoms with Gasteiger partial charge >= 0.3 is 0 Å². The lowest BCUT2D eigenvalue weighted by molar-refractivity contribution is -0.119. The lowest BCUT2D eigenvalue weighted by Crippen LogP contribution is -2.42. The number of carbonyl (C=O) groups is 1. The quantitative estimate of drug-likeness (QED) is 0.500. The maximum absolute atomic E-state index is 10.9. The summed E-state index contributed by atoms with van der Waals surface area (Å²) in [6, 6.07) is 14.5. The summed E-state index contributed by atoms with van der Waals surface area (Å²) >= 11 is 5.16. The van der Waals surface area contributed by atoms with Crippen LogP contribution in [-0.2, 0) is 11.3 Å². The van der Waals surface area contributed by atoms with Crippen LogP contribution in [0.4, 0.5) is 5.69 Å². The van der Waals surface area contributed by atoms with Gasteiger partial charge in [0.2, 0.25) is 5.91 Å². The molecule has 0 unspecified atom stereocenters. The first-order valence-corrected chi connectivity index (χ1v) is 7.85. The Morgan fingerprint density at radius 3 is 2.57 bits per heavy atom. The van der Waals surface area contributed by atoms with Crippen molar-refractivity contribution in [2.75, 3.05) is 5.32 Å². The van der Waals surface area contributed by atoms with E-state index < -0.39 is 0 Å². The minimum atomic E-state index is -0.199. The molecule has 118 valence electrons. The number of hydrogen-bond acceptors (Lipinski definition) is 2. The Kier molecular flexibility index (Phi) is 4.16. The standard InChI is InChI=1S/C17H18N4OS/c1-3-21-15-7-5-4-6-13(15)14-10-12(8-9-16(14)21)18-17(23)20-19-11(2)22/h4-10H,3H2,1-2H3,(H,19,22)(H2,18,20,23). The number of nitrogens with one attached hydrogen (secondary N) is 3. The number of amides is 1. The van der Waals surface area contributed by atoms with Crippen molar-refractivity contribution in [2.45, 2.75) is 20.4 Å². The topological polar surface area (TPSA) is 58.1 Å². The Morgan fingerprint density at radius 1 is 1.09 bits per heavy atom. The van der Waals surface area contributed by atoms with Crippen molar-refractivity contribution < 1.29 is 4.79 Å². The van der Waals surface area contributed by atoms with E-state index in [-0.39, 0.29) is 5.91 Å². The molecule has 0 aliphatic rings. The largest absolute Gasteiger partial charge is 0.341 e. The van der Waals surface area contributed by atoms with Gasteiger partial charge in [0, 0.05) is 41.0 Å². The molecule has 2 aromatic carbocycles. The first-order valence-electron chi connectivity index (χ1n) is 7.44. The molecule has 1 aromatic heterocycles. The van der Waals surface area contributed by atoms with Gasteiger partial charge in [-0.05, 0) is 43.4 Å². The third kappa shape index (κ3) is 2.98. The highest BCUT2D eigenvalue weighted by Crippen LogP contribution is 2.30. The Labute approximate surface area is 139 Å². The summed E-state index contributed by atoms with van der Waals surface area (Å²) in [7, 11) is 0. The zero-order valence-electron chi connectivity index (χ0n) is 13.0. The molecule has 0 aliphatic heterocycles. The van der Waals surface area contributed by atoms with Crippen molar-refractivity contribution in [3.05, 3.63) is 42.5 Å². The van der Waals surface area contributed by atoms with E-state index in [1.165, 1.54) is 28.7 Å². The van der Waals surface area contributed by atoms with Crippen molar-refractivity contribution in [3.8, 4) is 0 Å². The Balaban J connectivity index is 1.97. The van der Waals surface area contributed by atoms with Crippen molar-refractivity contribution >= 4 is 50.7 Å². The number of aryl methyl sites for hydroxylation is 1. The lowest BCUT2D eigenvalue weighted by atomic mass is 10.1. The molecule has 0 saturated heterocycles. The van der Waals surface area contributed by atoms with E-state index in [2.05, 4.69) is 58.0 Å². The van der Waals surface area contributed by atoms with Gasteiger partial charge in [0.1, 0.15) is 0 Å². The maximum Gasteiger partial charge on any atom is 0.235 e. The average Bonchev–Trinajstić information content (AvgIpc) is 2.86. The average molecular weight is 326 g/mol. The number of anilines is 1. The van der Waals surface area contributed by atoms with Crippen LogP contribution in [0.5, 0.6) is 0 Å². The molecule has 6 heteroatoms. The number of thiocarbonyl (C=S) groups is 1. The van der Waals surface area contributed by atoms with E-state index in [1.54, 1.807) is 0 Å². The summed E-state index contributed by atoms with van der Waals surface area (Å²) in [5.41, 5.74) is 8.39.